The Morgan fingerprint density at radius 1 is 1.48 bits per heavy atom. The molecule has 1 fully saturated rings. The van der Waals surface area contributed by atoms with Gasteiger partial charge in [-0.2, -0.15) is 0 Å². The van der Waals surface area contributed by atoms with Crippen LogP contribution in [0.25, 0.3) is 0 Å². The van der Waals surface area contributed by atoms with Crippen molar-refractivity contribution in [2.45, 2.75) is 52.1 Å². The normalized spacial score (nSPS) is 18.0. The Morgan fingerprint density at radius 3 is 2.74 bits per heavy atom. The van der Waals surface area contributed by atoms with Gasteiger partial charge in [-0.25, -0.2) is 9.78 Å². The van der Waals surface area contributed by atoms with Crippen LogP contribution in [0.5, 0.6) is 0 Å². The zero-order valence-corrected chi connectivity index (χ0v) is 15.5. The molecule has 1 aliphatic rings. The third-order valence-electron chi connectivity index (χ3n) is 4.02. The third kappa shape index (κ3) is 6.11. The maximum Gasteiger partial charge on any atom is 0.410 e. The molecular formula is C17H29N3O2S. The van der Waals surface area contributed by atoms with E-state index in [1.807, 2.05) is 37.2 Å². The third-order valence-corrected chi connectivity index (χ3v) is 5.03. The molecule has 0 radical (unpaired) electrons. The molecule has 1 atom stereocenters. The van der Waals surface area contributed by atoms with Crippen LogP contribution in [0, 0.1) is 5.92 Å². The fraction of sp³-hybridized carbons (Fsp3) is 0.765. The average Bonchev–Trinajstić information content (AvgIpc) is 3.00. The quantitative estimate of drug-likeness (QED) is 0.892. The summed E-state index contributed by atoms with van der Waals surface area (Å²) in [6, 6.07) is 0. The second-order valence-corrected chi connectivity index (χ2v) is 8.27. The van der Waals surface area contributed by atoms with Crippen LogP contribution in [0.15, 0.2) is 11.6 Å². The van der Waals surface area contributed by atoms with Crippen LogP contribution < -0.4 is 5.32 Å². The first-order chi connectivity index (χ1) is 10.8. The lowest BCUT2D eigenvalue weighted by atomic mass is 9.97. The topological polar surface area (TPSA) is 54.5 Å². The number of ether oxygens (including phenoxy) is 1. The molecular weight excluding hydrogens is 310 g/mol. The molecule has 23 heavy (non-hydrogen) atoms. The maximum absolute atomic E-state index is 12.0. The van der Waals surface area contributed by atoms with E-state index in [0.29, 0.717) is 11.8 Å². The summed E-state index contributed by atoms with van der Waals surface area (Å²) in [5.74, 6) is 1.09. The van der Waals surface area contributed by atoms with Gasteiger partial charge in [0.1, 0.15) is 5.60 Å². The first kappa shape index (κ1) is 18.2. The van der Waals surface area contributed by atoms with Crippen LogP contribution in [-0.2, 0) is 4.74 Å². The Bertz CT molecular complexity index is 477. The van der Waals surface area contributed by atoms with Crippen LogP contribution in [0.4, 0.5) is 4.79 Å². The molecule has 1 unspecified atom stereocenters. The molecule has 1 amide bonds. The van der Waals surface area contributed by atoms with Crippen LogP contribution >= 0.6 is 11.3 Å². The van der Waals surface area contributed by atoms with Gasteiger partial charge in [0.05, 0.1) is 5.01 Å². The Labute approximate surface area is 143 Å². The molecule has 2 rings (SSSR count). The molecule has 2 heterocycles. The van der Waals surface area contributed by atoms with Gasteiger partial charge in [0.15, 0.2) is 0 Å². The molecule has 1 N–H and O–H groups in total. The molecule has 0 bridgehead atoms. The first-order valence-corrected chi connectivity index (χ1v) is 9.31. The number of likely N-dealkylation sites (tertiary alicyclic amines) is 1. The highest BCUT2D eigenvalue weighted by molar-refractivity contribution is 7.09. The fourth-order valence-corrected chi connectivity index (χ4v) is 3.41. The van der Waals surface area contributed by atoms with Gasteiger partial charge in [-0.05, 0) is 46.1 Å². The van der Waals surface area contributed by atoms with Crippen molar-refractivity contribution in [2.24, 2.45) is 5.92 Å². The van der Waals surface area contributed by atoms with Gasteiger partial charge in [0.25, 0.3) is 0 Å². The van der Waals surface area contributed by atoms with E-state index in [-0.39, 0.29) is 6.09 Å². The summed E-state index contributed by atoms with van der Waals surface area (Å²) in [6.45, 7) is 11.5. The van der Waals surface area contributed by atoms with E-state index in [2.05, 4.69) is 17.2 Å². The van der Waals surface area contributed by atoms with Gasteiger partial charge in [0, 0.05) is 37.1 Å². The standard InChI is InChI=1S/C17H29N3O2S/c1-13(15-19-7-10-23-15)11-18-12-14-5-8-20(9-6-14)16(21)22-17(2,3)4/h7,10,13-14,18H,5-6,8-9,11-12H2,1-4H3. The molecule has 0 spiro atoms. The van der Waals surface area contributed by atoms with Crippen LogP contribution in [0.2, 0.25) is 0 Å². The van der Waals surface area contributed by atoms with E-state index in [1.165, 1.54) is 5.01 Å². The monoisotopic (exact) mass is 339 g/mol. The minimum atomic E-state index is -0.415. The van der Waals surface area contributed by atoms with Crippen molar-refractivity contribution >= 4 is 17.4 Å². The SMILES string of the molecule is CC(CNCC1CCN(C(=O)OC(C)(C)C)CC1)c1nccs1. The van der Waals surface area contributed by atoms with E-state index in [9.17, 15) is 4.79 Å². The maximum atomic E-state index is 12.0. The average molecular weight is 340 g/mol. The van der Waals surface area contributed by atoms with Crippen molar-refractivity contribution < 1.29 is 9.53 Å². The highest BCUT2D eigenvalue weighted by Gasteiger charge is 2.26. The molecule has 0 saturated carbocycles. The number of hydrogen-bond acceptors (Lipinski definition) is 5. The molecule has 6 heteroatoms. The first-order valence-electron chi connectivity index (χ1n) is 8.43. The van der Waals surface area contributed by atoms with E-state index in [0.717, 1.165) is 39.0 Å². The number of carbonyl (C=O) groups excluding carboxylic acids is 1. The lowest BCUT2D eigenvalue weighted by molar-refractivity contribution is 0.0184. The van der Waals surface area contributed by atoms with E-state index >= 15 is 0 Å². The van der Waals surface area contributed by atoms with E-state index in [1.54, 1.807) is 11.3 Å². The predicted octanol–water partition coefficient (Wildman–Crippen LogP) is 3.48. The minimum Gasteiger partial charge on any atom is -0.444 e. The predicted molar refractivity (Wildman–Crippen MR) is 93.9 cm³/mol. The summed E-state index contributed by atoms with van der Waals surface area (Å²) in [5, 5.41) is 6.78. The number of nitrogens with one attached hydrogen (secondary N) is 1. The number of amides is 1. The van der Waals surface area contributed by atoms with Crippen molar-refractivity contribution in [3.63, 3.8) is 0 Å². The number of carbonyl (C=O) groups is 1. The van der Waals surface area contributed by atoms with Gasteiger partial charge in [0.2, 0.25) is 0 Å². The summed E-state index contributed by atoms with van der Waals surface area (Å²) in [5.41, 5.74) is -0.415. The van der Waals surface area contributed by atoms with Gasteiger partial charge in [-0.3, -0.25) is 0 Å². The van der Waals surface area contributed by atoms with Crippen LogP contribution in [-0.4, -0.2) is 47.8 Å². The minimum absolute atomic E-state index is 0.179. The van der Waals surface area contributed by atoms with E-state index < -0.39 is 5.60 Å². The summed E-state index contributed by atoms with van der Waals surface area (Å²) < 4.78 is 5.43. The zero-order valence-electron chi connectivity index (χ0n) is 14.7. The molecule has 0 aromatic carbocycles. The lowest BCUT2D eigenvalue weighted by Crippen LogP contribution is -2.43. The summed E-state index contributed by atoms with van der Waals surface area (Å²) in [6.07, 6.45) is 3.76. The molecule has 130 valence electrons. The largest absolute Gasteiger partial charge is 0.444 e. The molecule has 1 aliphatic heterocycles. The van der Waals surface area contributed by atoms with E-state index in [4.69, 9.17) is 4.74 Å². The summed E-state index contributed by atoms with van der Waals surface area (Å²) >= 11 is 1.72. The zero-order chi connectivity index (χ0) is 16.9. The summed E-state index contributed by atoms with van der Waals surface area (Å²) in [7, 11) is 0. The molecule has 0 aliphatic carbocycles. The van der Waals surface area contributed by atoms with Gasteiger partial charge in [-0.1, -0.05) is 6.92 Å². The Kier molecular flexibility index (Phi) is 6.41. The van der Waals surface area contributed by atoms with Gasteiger partial charge < -0.3 is 15.0 Å². The smallest absolute Gasteiger partial charge is 0.410 e. The molecule has 1 saturated heterocycles. The van der Waals surface area contributed by atoms with Crippen molar-refractivity contribution in [1.29, 1.82) is 0 Å². The number of aromatic nitrogens is 1. The Balaban J connectivity index is 1.64. The summed E-state index contributed by atoms with van der Waals surface area (Å²) in [4.78, 5) is 18.2. The number of hydrogen-bond donors (Lipinski definition) is 1. The lowest BCUT2D eigenvalue weighted by Gasteiger charge is -2.33. The Hall–Kier alpha value is -1.14. The second-order valence-electron chi connectivity index (χ2n) is 7.34. The van der Waals surface area contributed by atoms with Gasteiger partial charge in [-0.15, -0.1) is 11.3 Å². The fourth-order valence-electron chi connectivity index (χ4n) is 2.72. The molecule has 5 nitrogen and oxygen atoms in total. The molecule has 1 aromatic rings. The number of piperidine rings is 1. The number of thiazole rings is 1. The highest BCUT2D eigenvalue weighted by Crippen LogP contribution is 2.20. The molecule has 1 aromatic heterocycles. The van der Waals surface area contributed by atoms with Crippen molar-refractivity contribution in [2.75, 3.05) is 26.2 Å². The number of rotatable bonds is 5. The Morgan fingerprint density at radius 2 is 2.17 bits per heavy atom. The van der Waals surface area contributed by atoms with Crippen molar-refractivity contribution in [3.05, 3.63) is 16.6 Å². The number of nitrogens with zero attached hydrogens (tertiary/aromatic N) is 2. The van der Waals surface area contributed by atoms with Crippen LogP contribution in [0.3, 0.4) is 0 Å². The van der Waals surface area contributed by atoms with Crippen molar-refractivity contribution in [1.82, 2.24) is 15.2 Å². The van der Waals surface area contributed by atoms with Gasteiger partial charge >= 0.3 is 6.09 Å². The van der Waals surface area contributed by atoms with Crippen molar-refractivity contribution in [3.8, 4) is 0 Å². The second kappa shape index (κ2) is 8.11. The highest BCUT2D eigenvalue weighted by atomic mass is 32.1. The van der Waals surface area contributed by atoms with Crippen LogP contribution in [0.1, 0.15) is 51.5 Å².